The van der Waals surface area contributed by atoms with Gasteiger partial charge in [-0.3, -0.25) is 4.90 Å². The average molecular weight is 221 g/mol. The van der Waals surface area contributed by atoms with Gasteiger partial charge in [0.15, 0.2) is 0 Å². The van der Waals surface area contributed by atoms with Crippen molar-refractivity contribution in [3.63, 3.8) is 0 Å². The van der Waals surface area contributed by atoms with E-state index in [1.165, 1.54) is 24.0 Å². The third-order valence-electron chi connectivity index (χ3n) is 3.57. The van der Waals surface area contributed by atoms with Crippen LogP contribution in [0.3, 0.4) is 0 Å². The molecule has 88 valence electrons. The van der Waals surface area contributed by atoms with Crippen molar-refractivity contribution >= 4 is 0 Å². The zero-order valence-corrected chi connectivity index (χ0v) is 10.2. The van der Waals surface area contributed by atoms with E-state index < -0.39 is 0 Å². The number of unbranched alkanes of at least 4 members (excludes halogenated alkanes) is 1. The molecular formula is C14H20FN. The van der Waals surface area contributed by atoms with Gasteiger partial charge in [-0.1, -0.05) is 19.4 Å². The van der Waals surface area contributed by atoms with Crippen molar-refractivity contribution in [1.29, 1.82) is 0 Å². The maximum atomic E-state index is 13.2. The maximum Gasteiger partial charge on any atom is 0.123 e. The normalized spacial score (nSPS) is 20.8. The van der Waals surface area contributed by atoms with Gasteiger partial charge >= 0.3 is 0 Å². The van der Waals surface area contributed by atoms with Crippen LogP contribution in [0, 0.1) is 5.82 Å². The molecule has 1 aromatic rings. The molecule has 1 atom stereocenters. The largest absolute Gasteiger partial charge is 0.296 e. The van der Waals surface area contributed by atoms with Gasteiger partial charge in [0.1, 0.15) is 5.82 Å². The number of nitrogens with zero attached hydrogens (tertiary/aromatic N) is 1. The predicted octanol–water partition coefficient (Wildman–Crippen LogP) is 3.54. The molecule has 0 aromatic heterocycles. The van der Waals surface area contributed by atoms with Crippen molar-refractivity contribution in [2.24, 2.45) is 0 Å². The zero-order chi connectivity index (χ0) is 11.5. The third-order valence-corrected chi connectivity index (χ3v) is 3.57. The van der Waals surface area contributed by atoms with Crippen LogP contribution in [-0.2, 0) is 6.42 Å². The fraction of sp³-hybridized carbons (Fsp3) is 0.571. The van der Waals surface area contributed by atoms with Crippen molar-refractivity contribution in [2.75, 3.05) is 13.1 Å². The highest BCUT2D eigenvalue weighted by Gasteiger charge is 2.23. The number of fused-ring (bicyclic) bond motifs is 1. The Kier molecular flexibility index (Phi) is 3.59. The molecule has 2 rings (SSSR count). The van der Waals surface area contributed by atoms with Crippen molar-refractivity contribution in [3.8, 4) is 0 Å². The zero-order valence-electron chi connectivity index (χ0n) is 10.2. The Morgan fingerprint density at radius 2 is 2.25 bits per heavy atom. The summed E-state index contributed by atoms with van der Waals surface area (Å²) in [6, 6.07) is 5.59. The second-order valence-electron chi connectivity index (χ2n) is 4.66. The summed E-state index contributed by atoms with van der Waals surface area (Å²) in [4.78, 5) is 2.46. The first-order chi connectivity index (χ1) is 7.72. The summed E-state index contributed by atoms with van der Waals surface area (Å²) in [7, 11) is 0. The van der Waals surface area contributed by atoms with Crippen molar-refractivity contribution in [2.45, 2.75) is 39.2 Å². The van der Waals surface area contributed by atoms with Crippen molar-refractivity contribution in [1.82, 2.24) is 4.90 Å². The Morgan fingerprint density at radius 1 is 1.44 bits per heavy atom. The van der Waals surface area contributed by atoms with E-state index in [0.717, 1.165) is 19.5 Å². The van der Waals surface area contributed by atoms with E-state index in [-0.39, 0.29) is 5.82 Å². The molecule has 0 fully saturated rings. The van der Waals surface area contributed by atoms with Gasteiger partial charge in [-0.2, -0.15) is 0 Å². The standard InChI is InChI=1S/C14H20FN/c1-3-4-8-16-9-7-12-5-6-13(15)10-14(12)11(16)2/h5-6,10-11H,3-4,7-9H2,1-2H3. The van der Waals surface area contributed by atoms with Gasteiger partial charge in [-0.25, -0.2) is 4.39 Å². The van der Waals surface area contributed by atoms with E-state index in [2.05, 4.69) is 18.7 Å². The second kappa shape index (κ2) is 4.96. The van der Waals surface area contributed by atoms with E-state index in [1.807, 2.05) is 6.07 Å². The lowest BCUT2D eigenvalue weighted by atomic mass is 9.93. The Hall–Kier alpha value is -0.890. The van der Waals surface area contributed by atoms with Crippen LogP contribution in [0.4, 0.5) is 4.39 Å². The lowest BCUT2D eigenvalue weighted by Crippen LogP contribution is -2.34. The van der Waals surface area contributed by atoms with Crippen LogP contribution in [0.15, 0.2) is 18.2 Å². The average Bonchev–Trinajstić information content (AvgIpc) is 2.29. The van der Waals surface area contributed by atoms with E-state index in [1.54, 1.807) is 12.1 Å². The molecule has 0 radical (unpaired) electrons. The first-order valence-electron chi connectivity index (χ1n) is 6.24. The summed E-state index contributed by atoms with van der Waals surface area (Å²) in [5, 5.41) is 0. The molecule has 0 saturated heterocycles. The van der Waals surface area contributed by atoms with E-state index >= 15 is 0 Å². The number of rotatable bonds is 3. The Balaban J connectivity index is 2.17. The van der Waals surface area contributed by atoms with E-state index in [0.29, 0.717) is 6.04 Å². The van der Waals surface area contributed by atoms with Gasteiger partial charge < -0.3 is 0 Å². The van der Waals surface area contributed by atoms with Crippen LogP contribution >= 0.6 is 0 Å². The molecule has 1 aliphatic rings. The van der Waals surface area contributed by atoms with Crippen LogP contribution in [-0.4, -0.2) is 18.0 Å². The molecule has 1 aliphatic heterocycles. The minimum absolute atomic E-state index is 0.108. The van der Waals surface area contributed by atoms with Crippen molar-refractivity contribution < 1.29 is 4.39 Å². The molecule has 0 N–H and O–H groups in total. The molecule has 1 nitrogen and oxygen atoms in total. The molecule has 0 bridgehead atoms. The van der Waals surface area contributed by atoms with Crippen LogP contribution in [0.2, 0.25) is 0 Å². The second-order valence-corrected chi connectivity index (χ2v) is 4.66. The minimum Gasteiger partial charge on any atom is -0.296 e. The summed E-state index contributed by atoms with van der Waals surface area (Å²) in [6.45, 7) is 6.64. The number of benzene rings is 1. The number of hydrogen-bond acceptors (Lipinski definition) is 1. The molecular weight excluding hydrogens is 201 g/mol. The molecule has 0 aliphatic carbocycles. The van der Waals surface area contributed by atoms with E-state index in [4.69, 9.17) is 0 Å². The highest BCUT2D eigenvalue weighted by Crippen LogP contribution is 2.29. The quantitative estimate of drug-likeness (QED) is 0.754. The summed E-state index contributed by atoms with van der Waals surface area (Å²) < 4.78 is 13.2. The molecule has 0 saturated carbocycles. The smallest absolute Gasteiger partial charge is 0.123 e. The highest BCUT2D eigenvalue weighted by atomic mass is 19.1. The van der Waals surface area contributed by atoms with E-state index in [9.17, 15) is 4.39 Å². The molecule has 0 amide bonds. The minimum atomic E-state index is -0.108. The van der Waals surface area contributed by atoms with Gasteiger partial charge in [-0.15, -0.1) is 0 Å². The topological polar surface area (TPSA) is 3.24 Å². The lowest BCUT2D eigenvalue weighted by molar-refractivity contribution is 0.195. The molecule has 2 heteroatoms. The van der Waals surface area contributed by atoms with Gasteiger partial charge in [0, 0.05) is 12.6 Å². The molecule has 1 aromatic carbocycles. The van der Waals surface area contributed by atoms with Crippen LogP contribution in [0.5, 0.6) is 0 Å². The Labute approximate surface area is 97.3 Å². The monoisotopic (exact) mass is 221 g/mol. The lowest BCUT2D eigenvalue weighted by Gasteiger charge is -2.35. The Bertz CT molecular complexity index is 362. The first-order valence-corrected chi connectivity index (χ1v) is 6.24. The van der Waals surface area contributed by atoms with Crippen molar-refractivity contribution in [3.05, 3.63) is 35.1 Å². The van der Waals surface area contributed by atoms with Gasteiger partial charge in [0.2, 0.25) is 0 Å². The summed E-state index contributed by atoms with van der Waals surface area (Å²) in [5.74, 6) is -0.108. The SMILES string of the molecule is CCCCN1CCc2ccc(F)cc2C1C. The fourth-order valence-electron chi connectivity index (χ4n) is 2.50. The maximum absolute atomic E-state index is 13.2. The molecule has 1 heterocycles. The predicted molar refractivity (Wildman–Crippen MR) is 65.0 cm³/mol. The fourth-order valence-corrected chi connectivity index (χ4v) is 2.50. The summed E-state index contributed by atoms with van der Waals surface area (Å²) in [6.07, 6.45) is 3.51. The Morgan fingerprint density at radius 3 is 3.00 bits per heavy atom. The third kappa shape index (κ3) is 2.27. The van der Waals surface area contributed by atoms with Gasteiger partial charge in [0.05, 0.1) is 0 Å². The van der Waals surface area contributed by atoms with Crippen LogP contribution < -0.4 is 0 Å². The van der Waals surface area contributed by atoms with Gasteiger partial charge in [0.25, 0.3) is 0 Å². The molecule has 0 spiro atoms. The molecule has 16 heavy (non-hydrogen) atoms. The summed E-state index contributed by atoms with van der Waals surface area (Å²) >= 11 is 0. The highest BCUT2D eigenvalue weighted by molar-refractivity contribution is 5.32. The number of hydrogen-bond donors (Lipinski definition) is 0. The van der Waals surface area contributed by atoms with Crippen LogP contribution in [0.1, 0.15) is 43.9 Å². The molecule has 1 unspecified atom stereocenters. The van der Waals surface area contributed by atoms with Crippen LogP contribution in [0.25, 0.3) is 0 Å². The first kappa shape index (κ1) is 11.6. The number of halogens is 1. The summed E-state index contributed by atoms with van der Waals surface area (Å²) in [5.41, 5.74) is 2.50. The van der Waals surface area contributed by atoms with Gasteiger partial charge in [-0.05, 0) is 49.6 Å².